The summed E-state index contributed by atoms with van der Waals surface area (Å²) in [6.45, 7) is 10.8. The van der Waals surface area contributed by atoms with Gasteiger partial charge in [0.15, 0.2) is 0 Å². The molecular weight excluding hydrogens is 180 g/mol. The van der Waals surface area contributed by atoms with Gasteiger partial charge in [0.25, 0.3) is 0 Å². The number of nitrogens with two attached hydrogens (primary N) is 1. The number of hydrogen-bond donors (Lipinski definition) is 1. The van der Waals surface area contributed by atoms with Gasteiger partial charge in [-0.15, -0.1) is 0 Å². The number of nitrogens with zero attached hydrogens (tertiary/aromatic N) is 1. The SMILES string of the molecule is CC(CN(C)CC(C)(C)C)C(N)=S. The van der Waals surface area contributed by atoms with Crippen molar-refractivity contribution in [2.24, 2.45) is 17.1 Å². The lowest BCUT2D eigenvalue weighted by Gasteiger charge is -2.28. The van der Waals surface area contributed by atoms with Crippen molar-refractivity contribution in [3.63, 3.8) is 0 Å². The highest BCUT2D eigenvalue weighted by Crippen LogP contribution is 2.14. The lowest BCUT2D eigenvalue weighted by atomic mass is 9.96. The molecule has 0 saturated heterocycles. The minimum atomic E-state index is 0.308. The Morgan fingerprint density at radius 1 is 1.46 bits per heavy atom. The van der Waals surface area contributed by atoms with Gasteiger partial charge in [0, 0.05) is 19.0 Å². The van der Waals surface area contributed by atoms with Crippen LogP contribution in [0.3, 0.4) is 0 Å². The smallest absolute Gasteiger partial charge is 0.0768 e. The molecule has 0 aromatic rings. The van der Waals surface area contributed by atoms with E-state index in [2.05, 4.69) is 39.6 Å². The van der Waals surface area contributed by atoms with Crippen LogP contribution in [-0.4, -0.2) is 30.0 Å². The highest BCUT2D eigenvalue weighted by Gasteiger charge is 2.15. The van der Waals surface area contributed by atoms with E-state index < -0.39 is 0 Å². The van der Waals surface area contributed by atoms with Crippen molar-refractivity contribution in [3.05, 3.63) is 0 Å². The van der Waals surface area contributed by atoms with Gasteiger partial charge < -0.3 is 10.6 Å². The predicted octanol–water partition coefficient (Wildman–Crippen LogP) is 1.89. The van der Waals surface area contributed by atoms with E-state index in [9.17, 15) is 0 Å². The summed E-state index contributed by atoms with van der Waals surface area (Å²) in [5.74, 6) is 0.308. The van der Waals surface area contributed by atoms with E-state index in [0.29, 0.717) is 16.3 Å². The minimum Gasteiger partial charge on any atom is -0.393 e. The van der Waals surface area contributed by atoms with Gasteiger partial charge in [-0.25, -0.2) is 0 Å². The first-order chi connectivity index (χ1) is 5.72. The maximum Gasteiger partial charge on any atom is 0.0768 e. The Bertz CT molecular complexity index is 172. The molecule has 0 radical (unpaired) electrons. The second kappa shape index (κ2) is 4.91. The van der Waals surface area contributed by atoms with Gasteiger partial charge in [0.2, 0.25) is 0 Å². The Hall–Kier alpha value is -0.150. The van der Waals surface area contributed by atoms with Crippen LogP contribution in [0.4, 0.5) is 0 Å². The van der Waals surface area contributed by atoms with E-state index in [0.717, 1.165) is 13.1 Å². The summed E-state index contributed by atoms with van der Waals surface area (Å²) >= 11 is 4.93. The minimum absolute atomic E-state index is 0.308. The first kappa shape index (κ1) is 12.8. The van der Waals surface area contributed by atoms with Gasteiger partial charge in [-0.3, -0.25) is 0 Å². The lowest BCUT2D eigenvalue weighted by molar-refractivity contribution is 0.218. The van der Waals surface area contributed by atoms with Crippen LogP contribution in [0.15, 0.2) is 0 Å². The van der Waals surface area contributed by atoms with E-state index in [1.165, 1.54) is 0 Å². The van der Waals surface area contributed by atoms with Crippen LogP contribution >= 0.6 is 12.2 Å². The molecule has 0 bridgehead atoms. The molecule has 0 spiro atoms. The zero-order chi connectivity index (χ0) is 10.6. The van der Waals surface area contributed by atoms with Gasteiger partial charge in [-0.2, -0.15) is 0 Å². The summed E-state index contributed by atoms with van der Waals surface area (Å²) in [5, 5.41) is 0. The second-order valence-electron chi connectivity index (χ2n) is 5.06. The van der Waals surface area contributed by atoms with Crippen LogP contribution in [0.5, 0.6) is 0 Å². The molecule has 0 rings (SSSR count). The summed E-state index contributed by atoms with van der Waals surface area (Å²) in [5.41, 5.74) is 5.89. The normalized spacial score (nSPS) is 14.6. The molecule has 0 saturated carbocycles. The zero-order valence-corrected chi connectivity index (χ0v) is 10.2. The van der Waals surface area contributed by atoms with Crippen molar-refractivity contribution in [1.82, 2.24) is 4.90 Å². The van der Waals surface area contributed by atoms with Crippen LogP contribution in [0.2, 0.25) is 0 Å². The molecule has 0 fully saturated rings. The fourth-order valence-corrected chi connectivity index (χ4v) is 1.51. The molecule has 1 atom stereocenters. The zero-order valence-electron chi connectivity index (χ0n) is 9.42. The molecule has 2 nitrogen and oxygen atoms in total. The summed E-state index contributed by atoms with van der Waals surface area (Å²) < 4.78 is 0. The quantitative estimate of drug-likeness (QED) is 0.706. The van der Waals surface area contributed by atoms with E-state index in [1.54, 1.807) is 0 Å². The monoisotopic (exact) mass is 202 g/mol. The standard InChI is InChI=1S/C10H22N2S/c1-8(9(11)13)6-12(5)7-10(2,3)4/h8H,6-7H2,1-5H3,(H2,11,13). The van der Waals surface area contributed by atoms with Crippen LogP contribution < -0.4 is 5.73 Å². The highest BCUT2D eigenvalue weighted by molar-refractivity contribution is 7.80. The van der Waals surface area contributed by atoms with E-state index >= 15 is 0 Å². The van der Waals surface area contributed by atoms with Crippen molar-refractivity contribution >= 4 is 17.2 Å². The van der Waals surface area contributed by atoms with E-state index in [1.807, 2.05) is 0 Å². The number of rotatable bonds is 4. The highest BCUT2D eigenvalue weighted by atomic mass is 32.1. The van der Waals surface area contributed by atoms with Gasteiger partial charge >= 0.3 is 0 Å². The van der Waals surface area contributed by atoms with Crippen molar-refractivity contribution < 1.29 is 0 Å². The Kier molecular flexibility index (Phi) is 4.86. The molecular formula is C10H22N2S. The molecule has 0 heterocycles. The van der Waals surface area contributed by atoms with Crippen molar-refractivity contribution in [2.45, 2.75) is 27.7 Å². The van der Waals surface area contributed by atoms with Crippen LogP contribution in [0, 0.1) is 11.3 Å². The van der Waals surface area contributed by atoms with E-state index in [4.69, 9.17) is 18.0 Å². The molecule has 0 aliphatic rings. The largest absolute Gasteiger partial charge is 0.393 e. The first-order valence-electron chi connectivity index (χ1n) is 4.70. The Morgan fingerprint density at radius 3 is 2.23 bits per heavy atom. The lowest BCUT2D eigenvalue weighted by Crippen LogP contribution is -2.36. The second-order valence-corrected chi connectivity index (χ2v) is 5.53. The van der Waals surface area contributed by atoms with Crippen molar-refractivity contribution in [1.29, 1.82) is 0 Å². The van der Waals surface area contributed by atoms with Gasteiger partial charge in [-0.05, 0) is 12.5 Å². The van der Waals surface area contributed by atoms with Crippen molar-refractivity contribution in [3.8, 4) is 0 Å². The molecule has 2 N–H and O–H groups in total. The van der Waals surface area contributed by atoms with Crippen LogP contribution in [-0.2, 0) is 0 Å². The Labute approximate surface area is 87.5 Å². The molecule has 1 unspecified atom stereocenters. The van der Waals surface area contributed by atoms with Gasteiger partial charge in [0.05, 0.1) is 4.99 Å². The third-order valence-electron chi connectivity index (χ3n) is 1.82. The van der Waals surface area contributed by atoms with Crippen molar-refractivity contribution in [2.75, 3.05) is 20.1 Å². The van der Waals surface area contributed by atoms with Crippen LogP contribution in [0.25, 0.3) is 0 Å². The van der Waals surface area contributed by atoms with Crippen LogP contribution in [0.1, 0.15) is 27.7 Å². The Morgan fingerprint density at radius 2 is 1.92 bits per heavy atom. The topological polar surface area (TPSA) is 29.3 Å². The summed E-state index contributed by atoms with van der Waals surface area (Å²) in [6.07, 6.45) is 0. The molecule has 0 amide bonds. The summed E-state index contributed by atoms with van der Waals surface area (Å²) in [6, 6.07) is 0. The molecule has 0 aromatic carbocycles. The molecule has 78 valence electrons. The fraction of sp³-hybridized carbons (Fsp3) is 0.900. The third-order valence-corrected chi connectivity index (χ3v) is 2.22. The summed E-state index contributed by atoms with van der Waals surface area (Å²) in [4.78, 5) is 2.89. The number of hydrogen-bond acceptors (Lipinski definition) is 2. The van der Waals surface area contributed by atoms with Gasteiger partial charge in [0.1, 0.15) is 0 Å². The Balaban J connectivity index is 3.88. The maximum absolute atomic E-state index is 5.55. The average molecular weight is 202 g/mol. The maximum atomic E-state index is 5.55. The molecule has 0 aliphatic carbocycles. The third kappa shape index (κ3) is 6.96. The molecule has 0 aromatic heterocycles. The average Bonchev–Trinajstić information content (AvgIpc) is 1.81. The first-order valence-corrected chi connectivity index (χ1v) is 5.11. The molecule has 3 heteroatoms. The molecule has 0 aliphatic heterocycles. The fourth-order valence-electron chi connectivity index (χ4n) is 1.43. The predicted molar refractivity (Wildman–Crippen MR) is 62.9 cm³/mol. The van der Waals surface area contributed by atoms with E-state index in [-0.39, 0.29) is 0 Å². The molecule has 13 heavy (non-hydrogen) atoms. The van der Waals surface area contributed by atoms with Gasteiger partial charge in [-0.1, -0.05) is 39.9 Å². The summed E-state index contributed by atoms with van der Waals surface area (Å²) in [7, 11) is 2.11. The number of thiocarbonyl (C=S) groups is 1.